The number of para-hydroxylation sites is 1. The van der Waals surface area contributed by atoms with E-state index in [0.29, 0.717) is 38.3 Å². The van der Waals surface area contributed by atoms with Crippen LogP contribution in [0, 0.1) is 0 Å². The molecule has 0 fully saturated rings. The standard InChI is InChI=1S/C17H15F3N4OS2/c1-10(25)8-27-16-23-22-15(24(16)2)9-26-13-7-14(17(18,19)20)21-12-6-4-3-5-11(12)13/h3-7H,8-9H2,1-2H3. The maximum Gasteiger partial charge on any atom is 0.433 e. The Morgan fingerprint density at radius 3 is 2.63 bits per heavy atom. The number of ketones is 1. The largest absolute Gasteiger partial charge is 0.433 e. The van der Waals surface area contributed by atoms with Crippen LogP contribution in [0.15, 0.2) is 40.4 Å². The number of aromatic nitrogens is 4. The number of hydrogen-bond donors (Lipinski definition) is 0. The van der Waals surface area contributed by atoms with Gasteiger partial charge in [-0.1, -0.05) is 30.0 Å². The number of rotatable bonds is 6. The Hall–Kier alpha value is -2.07. The van der Waals surface area contributed by atoms with Crippen molar-refractivity contribution in [2.45, 2.75) is 28.9 Å². The molecular formula is C17H15F3N4OS2. The highest BCUT2D eigenvalue weighted by Crippen LogP contribution is 2.35. The van der Waals surface area contributed by atoms with Gasteiger partial charge in [0.25, 0.3) is 0 Å². The fourth-order valence-electron chi connectivity index (χ4n) is 2.31. The maximum atomic E-state index is 13.1. The second kappa shape index (κ2) is 7.89. The van der Waals surface area contributed by atoms with Gasteiger partial charge in [0.15, 0.2) is 5.16 Å². The molecule has 0 N–H and O–H groups in total. The van der Waals surface area contributed by atoms with Crippen molar-refractivity contribution in [2.24, 2.45) is 7.05 Å². The molecule has 0 unspecified atom stereocenters. The normalized spacial score (nSPS) is 11.9. The van der Waals surface area contributed by atoms with E-state index in [-0.39, 0.29) is 5.78 Å². The average Bonchev–Trinajstić information content (AvgIpc) is 2.96. The molecule has 5 nitrogen and oxygen atoms in total. The Morgan fingerprint density at radius 1 is 1.19 bits per heavy atom. The highest BCUT2D eigenvalue weighted by Gasteiger charge is 2.33. The molecule has 10 heteroatoms. The Kier molecular flexibility index (Phi) is 5.75. The lowest BCUT2D eigenvalue weighted by atomic mass is 10.2. The van der Waals surface area contributed by atoms with Gasteiger partial charge in [0.1, 0.15) is 17.3 Å². The predicted molar refractivity (Wildman–Crippen MR) is 98.7 cm³/mol. The Morgan fingerprint density at radius 2 is 1.93 bits per heavy atom. The first kappa shape index (κ1) is 19.7. The van der Waals surface area contributed by atoms with E-state index in [0.717, 1.165) is 6.07 Å². The quantitative estimate of drug-likeness (QED) is 0.561. The van der Waals surface area contributed by atoms with Crippen LogP contribution in [0.2, 0.25) is 0 Å². The third-order valence-electron chi connectivity index (χ3n) is 3.66. The lowest BCUT2D eigenvalue weighted by Crippen LogP contribution is -2.08. The Bertz CT molecular complexity index is 988. The minimum atomic E-state index is -4.51. The average molecular weight is 412 g/mol. The summed E-state index contributed by atoms with van der Waals surface area (Å²) in [6, 6.07) is 7.79. The SMILES string of the molecule is CC(=O)CSc1nnc(CSc2cc(C(F)(F)F)nc3ccccc23)n1C. The Balaban J connectivity index is 1.86. The van der Waals surface area contributed by atoms with Crippen LogP contribution in [0.5, 0.6) is 0 Å². The maximum absolute atomic E-state index is 13.1. The zero-order valence-corrected chi connectivity index (χ0v) is 16.1. The Labute approximate surface area is 161 Å². The van der Waals surface area contributed by atoms with E-state index >= 15 is 0 Å². The van der Waals surface area contributed by atoms with E-state index in [2.05, 4.69) is 15.2 Å². The summed E-state index contributed by atoms with van der Waals surface area (Å²) in [5.74, 6) is 1.28. The monoisotopic (exact) mass is 412 g/mol. The van der Waals surface area contributed by atoms with Crippen LogP contribution in [0.3, 0.4) is 0 Å². The second-order valence-corrected chi connectivity index (χ2v) is 7.72. The number of fused-ring (bicyclic) bond motifs is 1. The summed E-state index contributed by atoms with van der Waals surface area (Å²) in [4.78, 5) is 15.3. The first-order valence-corrected chi connectivity index (χ1v) is 9.83. The van der Waals surface area contributed by atoms with Crippen molar-refractivity contribution in [2.75, 3.05) is 5.75 Å². The van der Waals surface area contributed by atoms with E-state index in [1.807, 2.05) is 0 Å². The van der Waals surface area contributed by atoms with Gasteiger partial charge in [0.05, 0.1) is 17.0 Å². The molecule has 0 aliphatic rings. The topological polar surface area (TPSA) is 60.7 Å². The van der Waals surface area contributed by atoms with Gasteiger partial charge >= 0.3 is 6.18 Å². The highest BCUT2D eigenvalue weighted by molar-refractivity contribution is 7.99. The van der Waals surface area contributed by atoms with Gasteiger partial charge in [0.2, 0.25) is 0 Å². The summed E-state index contributed by atoms with van der Waals surface area (Å²) in [6.45, 7) is 1.49. The van der Waals surface area contributed by atoms with Crippen LogP contribution in [0.25, 0.3) is 10.9 Å². The molecule has 0 bridgehead atoms. The smallest absolute Gasteiger partial charge is 0.308 e. The molecule has 2 aromatic heterocycles. The third-order valence-corrected chi connectivity index (χ3v) is 5.87. The molecule has 2 heterocycles. The van der Waals surface area contributed by atoms with Crippen molar-refractivity contribution in [1.29, 1.82) is 0 Å². The van der Waals surface area contributed by atoms with Crippen LogP contribution < -0.4 is 0 Å². The van der Waals surface area contributed by atoms with Gasteiger partial charge in [-0.15, -0.1) is 22.0 Å². The first-order chi connectivity index (χ1) is 12.8. The van der Waals surface area contributed by atoms with E-state index in [1.165, 1.54) is 30.4 Å². The number of Topliss-reactive ketones (excluding diaryl/α,β-unsaturated/α-hetero) is 1. The van der Waals surface area contributed by atoms with Crippen LogP contribution in [-0.2, 0) is 23.8 Å². The van der Waals surface area contributed by atoms with E-state index in [9.17, 15) is 18.0 Å². The second-order valence-electron chi connectivity index (χ2n) is 5.76. The molecule has 0 aliphatic carbocycles. The molecule has 0 amide bonds. The summed E-state index contributed by atoms with van der Waals surface area (Å²) in [5, 5.41) is 9.37. The van der Waals surface area contributed by atoms with Crippen LogP contribution >= 0.6 is 23.5 Å². The fourth-order valence-corrected chi connectivity index (χ4v) is 4.10. The van der Waals surface area contributed by atoms with Gasteiger partial charge in [-0.2, -0.15) is 13.2 Å². The van der Waals surface area contributed by atoms with Gasteiger partial charge < -0.3 is 4.57 Å². The van der Waals surface area contributed by atoms with Crippen molar-refractivity contribution >= 4 is 40.2 Å². The summed E-state index contributed by atoms with van der Waals surface area (Å²) in [6.07, 6.45) is -4.51. The summed E-state index contributed by atoms with van der Waals surface area (Å²) in [5.41, 5.74) is -0.620. The molecule has 0 atom stereocenters. The first-order valence-electron chi connectivity index (χ1n) is 7.86. The minimum Gasteiger partial charge on any atom is -0.308 e. The molecule has 0 aliphatic heterocycles. The molecule has 0 radical (unpaired) electrons. The number of pyridine rings is 1. The summed E-state index contributed by atoms with van der Waals surface area (Å²) < 4.78 is 41.2. The molecule has 0 saturated carbocycles. The van der Waals surface area contributed by atoms with Gasteiger partial charge in [-0.05, 0) is 19.1 Å². The number of alkyl halides is 3. The highest BCUT2D eigenvalue weighted by atomic mass is 32.2. The molecule has 27 heavy (non-hydrogen) atoms. The zero-order valence-electron chi connectivity index (χ0n) is 14.4. The molecule has 1 aromatic carbocycles. The molecule has 0 saturated heterocycles. The van der Waals surface area contributed by atoms with Gasteiger partial charge in [-0.25, -0.2) is 4.98 Å². The van der Waals surface area contributed by atoms with Crippen molar-refractivity contribution < 1.29 is 18.0 Å². The number of benzene rings is 1. The molecule has 142 valence electrons. The number of carbonyl (C=O) groups is 1. The van der Waals surface area contributed by atoms with Gasteiger partial charge in [0, 0.05) is 17.3 Å². The number of nitrogens with zero attached hydrogens (tertiary/aromatic N) is 4. The number of carbonyl (C=O) groups excluding carboxylic acids is 1. The summed E-state index contributed by atoms with van der Waals surface area (Å²) in [7, 11) is 1.77. The van der Waals surface area contributed by atoms with E-state index in [1.54, 1.807) is 35.9 Å². The van der Waals surface area contributed by atoms with E-state index < -0.39 is 11.9 Å². The molecule has 3 aromatic rings. The molecule has 3 rings (SSSR count). The van der Waals surface area contributed by atoms with Crippen LogP contribution in [-0.4, -0.2) is 31.3 Å². The lowest BCUT2D eigenvalue weighted by Gasteiger charge is -2.11. The van der Waals surface area contributed by atoms with Crippen LogP contribution in [0.1, 0.15) is 18.4 Å². The van der Waals surface area contributed by atoms with Crippen molar-refractivity contribution in [3.05, 3.63) is 41.9 Å². The lowest BCUT2D eigenvalue weighted by molar-refractivity contribution is -0.141. The van der Waals surface area contributed by atoms with E-state index in [4.69, 9.17) is 0 Å². The predicted octanol–water partition coefficient (Wildman–Crippen LogP) is 4.36. The summed E-state index contributed by atoms with van der Waals surface area (Å²) >= 11 is 2.52. The van der Waals surface area contributed by atoms with Crippen LogP contribution in [0.4, 0.5) is 13.2 Å². The van der Waals surface area contributed by atoms with Crippen molar-refractivity contribution in [3.63, 3.8) is 0 Å². The van der Waals surface area contributed by atoms with Crippen molar-refractivity contribution in [3.8, 4) is 0 Å². The molecule has 0 spiro atoms. The fraction of sp³-hybridized carbons (Fsp3) is 0.294. The minimum absolute atomic E-state index is 0.0295. The third kappa shape index (κ3) is 4.62. The van der Waals surface area contributed by atoms with Gasteiger partial charge in [-0.3, -0.25) is 4.79 Å². The molecular weight excluding hydrogens is 397 g/mol. The number of thioether (sulfide) groups is 2. The number of hydrogen-bond acceptors (Lipinski definition) is 6. The number of halogens is 3. The zero-order chi connectivity index (χ0) is 19.6. The van der Waals surface area contributed by atoms with Crippen molar-refractivity contribution in [1.82, 2.24) is 19.7 Å².